The maximum Gasteiger partial charge on any atom is 0.221 e. The lowest BCUT2D eigenvalue weighted by molar-refractivity contribution is -0.114. The molecule has 1 aliphatic heterocycles. The van der Waals surface area contributed by atoms with Crippen LogP contribution in [-0.2, 0) is 11.3 Å². The van der Waals surface area contributed by atoms with E-state index in [0.717, 1.165) is 55.6 Å². The van der Waals surface area contributed by atoms with Crippen molar-refractivity contribution < 1.29 is 9.18 Å². The van der Waals surface area contributed by atoms with Gasteiger partial charge in [0.15, 0.2) is 5.96 Å². The SMILES string of the molecule is CCNC(=NCc1cccc(NC(C)=O)c1)N1CCN(c2ccc(F)cc2)CC1.I. The molecule has 8 heteroatoms. The van der Waals surface area contributed by atoms with Crippen LogP contribution in [0, 0.1) is 5.82 Å². The van der Waals surface area contributed by atoms with Gasteiger partial charge < -0.3 is 20.4 Å². The fourth-order valence-electron chi connectivity index (χ4n) is 3.37. The van der Waals surface area contributed by atoms with E-state index in [4.69, 9.17) is 4.99 Å². The molecule has 0 spiro atoms. The largest absolute Gasteiger partial charge is 0.368 e. The second-order valence-electron chi connectivity index (χ2n) is 7.00. The number of halogens is 2. The summed E-state index contributed by atoms with van der Waals surface area (Å²) in [6.45, 7) is 8.28. The molecule has 0 saturated carbocycles. The Hall–Kier alpha value is -2.36. The van der Waals surface area contributed by atoms with Gasteiger partial charge in [-0.1, -0.05) is 12.1 Å². The van der Waals surface area contributed by atoms with Crippen molar-refractivity contribution in [1.29, 1.82) is 0 Å². The molecule has 6 nitrogen and oxygen atoms in total. The van der Waals surface area contributed by atoms with Gasteiger partial charge in [-0.2, -0.15) is 0 Å². The molecule has 30 heavy (non-hydrogen) atoms. The van der Waals surface area contributed by atoms with Crippen LogP contribution in [0.3, 0.4) is 0 Å². The minimum absolute atomic E-state index is 0. The molecule has 0 aromatic heterocycles. The van der Waals surface area contributed by atoms with Gasteiger partial charge in [-0.05, 0) is 48.9 Å². The van der Waals surface area contributed by atoms with Gasteiger partial charge in [-0.25, -0.2) is 9.38 Å². The Balaban J connectivity index is 0.00000320. The fraction of sp³-hybridized carbons (Fsp3) is 0.364. The number of nitrogens with zero attached hydrogens (tertiary/aromatic N) is 3. The van der Waals surface area contributed by atoms with Gasteiger partial charge in [-0.3, -0.25) is 4.79 Å². The van der Waals surface area contributed by atoms with Crippen LogP contribution >= 0.6 is 24.0 Å². The Morgan fingerprint density at radius 2 is 1.80 bits per heavy atom. The molecule has 0 bridgehead atoms. The zero-order valence-electron chi connectivity index (χ0n) is 17.4. The molecular formula is C22H29FIN5O. The van der Waals surface area contributed by atoms with Crippen LogP contribution in [0.1, 0.15) is 19.4 Å². The molecule has 2 N–H and O–H groups in total. The first-order chi connectivity index (χ1) is 14.0. The lowest BCUT2D eigenvalue weighted by Crippen LogP contribution is -2.52. The number of carbonyl (C=O) groups is 1. The second kappa shape index (κ2) is 11.7. The molecule has 1 fully saturated rings. The van der Waals surface area contributed by atoms with E-state index >= 15 is 0 Å². The number of hydrogen-bond acceptors (Lipinski definition) is 3. The van der Waals surface area contributed by atoms with Crippen LogP contribution in [0.25, 0.3) is 0 Å². The zero-order chi connectivity index (χ0) is 20.6. The molecule has 162 valence electrons. The Morgan fingerprint density at radius 1 is 1.10 bits per heavy atom. The average molecular weight is 525 g/mol. The van der Waals surface area contributed by atoms with Gasteiger partial charge in [0.1, 0.15) is 5.82 Å². The van der Waals surface area contributed by atoms with Crippen LogP contribution < -0.4 is 15.5 Å². The van der Waals surface area contributed by atoms with Gasteiger partial charge in [0.25, 0.3) is 0 Å². The number of anilines is 2. The highest BCUT2D eigenvalue weighted by Crippen LogP contribution is 2.17. The zero-order valence-corrected chi connectivity index (χ0v) is 19.7. The van der Waals surface area contributed by atoms with Crippen molar-refractivity contribution in [2.75, 3.05) is 42.9 Å². The summed E-state index contributed by atoms with van der Waals surface area (Å²) in [6, 6.07) is 14.4. The number of hydrogen-bond donors (Lipinski definition) is 2. The van der Waals surface area contributed by atoms with Gasteiger partial charge in [-0.15, -0.1) is 24.0 Å². The first-order valence-electron chi connectivity index (χ1n) is 9.95. The van der Waals surface area contributed by atoms with Crippen LogP contribution in [-0.4, -0.2) is 49.5 Å². The molecule has 1 aliphatic rings. The number of carbonyl (C=O) groups excluding carboxylic acids is 1. The summed E-state index contributed by atoms with van der Waals surface area (Å²) in [5.41, 5.74) is 2.86. The smallest absolute Gasteiger partial charge is 0.221 e. The highest BCUT2D eigenvalue weighted by atomic mass is 127. The van der Waals surface area contributed by atoms with Gasteiger partial charge in [0.05, 0.1) is 6.54 Å². The summed E-state index contributed by atoms with van der Waals surface area (Å²) in [5, 5.41) is 6.17. The molecule has 0 atom stereocenters. The van der Waals surface area contributed by atoms with Crippen molar-refractivity contribution in [3.05, 3.63) is 59.9 Å². The molecule has 0 unspecified atom stereocenters. The molecule has 0 aliphatic carbocycles. The van der Waals surface area contributed by atoms with E-state index in [1.54, 1.807) is 0 Å². The van der Waals surface area contributed by atoms with E-state index in [0.29, 0.717) is 6.54 Å². The van der Waals surface area contributed by atoms with E-state index in [2.05, 4.69) is 27.4 Å². The van der Waals surface area contributed by atoms with Crippen LogP contribution in [0.4, 0.5) is 15.8 Å². The summed E-state index contributed by atoms with van der Waals surface area (Å²) in [7, 11) is 0. The number of amides is 1. The molecule has 1 saturated heterocycles. The Bertz CT molecular complexity index is 851. The van der Waals surface area contributed by atoms with Crippen molar-refractivity contribution in [2.45, 2.75) is 20.4 Å². The number of nitrogens with one attached hydrogen (secondary N) is 2. The van der Waals surface area contributed by atoms with Crippen molar-refractivity contribution >= 4 is 47.2 Å². The Kier molecular flexibility index (Phi) is 9.35. The minimum atomic E-state index is -0.212. The quantitative estimate of drug-likeness (QED) is 0.355. The lowest BCUT2D eigenvalue weighted by atomic mass is 10.2. The highest BCUT2D eigenvalue weighted by molar-refractivity contribution is 14.0. The van der Waals surface area contributed by atoms with Crippen LogP contribution in [0.2, 0.25) is 0 Å². The number of rotatable bonds is 5. The van der Waals surface area contributed by atoms with Gasteiger partial charge >= 0.3 is 0 Å². The third kappa shape index (κ3) is 6.86. The summed E-state index contributed by atoms with van der Waals surface area (Å²) in [6.07, 6.45) is 0. The first kappa shape index (κ1) is 23.9. The van der Waals surface area contributed by atoms with Gasteiger partial charge in [0, 0.05) is 51.0 Å². The van der Waals surface area contributed by atoms with E-state index in [1.807, 2.05) is 36.4 Å². The van der Waals surface area contributed by atoms with E-state index in [1.165, 1.54) is 19.1 Å². The maximum absolute atomic E-state index is 13.1. The highest BCUT2D eigenvalue weighted by Gasteiger charge is 2.19. The Labute approximate surface area is 194 Å². The van der Waals surface area contributed by atoms with Gasteiger partial charge in [0.2, 0.25) is 5.91 Å². The third-order valence-corrected chi connectivity index (χ3v) is 4.76. The number of benzene rings is 2. The summed E-state index contributed by atoms with van der Waals surface area (Å²) >= 11 is 0. The number of guanidine groups is 1. The standard InChI is InChI=1S/C22H28FN5O.HI/c1-3-24-22(25-16-18-5-4-6-20(15-18)26-17(2)29)28-13-11-27(12-14-28)21-9-7-19(23)8-10-21;/h4-10,15H,3,11-14,16H2,1-2H3,(H,24,25)(H,26,29);1H. The Morgan fingerprint density at radius 3 is 2.43 bits per heavy atom. The molecule has 2 aromatic rings. The minimum Gasteiger partial charge on any atom is -0.368 e. The lowest BCUT2D eigenvalue weighted by Gasteiger charge is -2.37. The van der Waals surface area contributed by atoms with E-state index in [-0.39, 0.29) is 35.7 Å². The van der Waals surface area contributed by atoms with Crippen LogP contribution in [0.5, 0.6) is 0 Å². The maximum atomic E-state index is 13.1. The number of aliphatic imine (C=N–C) groups is 1. The van der Waals surface area contributed by atoms with E-state index in [9.17, 15) is 9.18 Å². The van der Waals surface area contributed by atoms with Crippen molar-refractivity contribution in [3.8, 4) is 0 Å². The van der Waals surface area contributed by atoms with Crippen molar-refractivity contribution in [1.82, 2.24) is 10.2 Å². The molecule has 0 radical (unpaired) electrons. The summed E-state index contributed by atoms with van der Waals surface area (Å²) in [4.78, 5) is 20.5. The van der Waals surface area contributed by atoms with E-state index < -0.39 is 0 Å². The second-order valence-corrected chi connectivity index (χ2v) is 7.00. The topological polar surface area (TPSA) is 60.0 Å². The predicted molar refractivity (Wildman–Crippen MR) is 131 cm³/mol. The average Bonchev–Trinajstić information content (AvgIpc) is 2.72. The molecule has 3 rings (SSSR count). The third-order valence-electron chi connectivity index (χ3n) is 4.76. The monoisotopic (exact) mass is 525 g/mol. The normalized spacial score (nSPS) is 14.2. The number of piperazine rings is 1. The molecule has 2 aromatic carbocycles. The van der Waals surface area contributed by atoms with Crippen molar-refractivity contribution in [3.63, 3.8) is 0 Å². The molecule has 1 heterocycles. The van der Waals surface area contributed by atoms with Crippen molar-refractivity contribution in [2.24, 2.45) is 4.99 Å². The predicted octanol–water partition coefficient (Wildman–Crippen LogP) is 3.69. The summed E-state index contributed by atoms with van der Waals surface area (Å²) < 4.78 is 13.1. The first-order valence-corrected chi connectivity index (χ1v) is 9.95. The summed E-state index contributed by atoms with van der Waals surface area (Å²) in [5.74, 6) is 0.589. The fourth-order valence-corrected chi connectivity index (χ4v) is 3.37. The van der Waals surface area contributed by atoms with Crippen LogP contribution in [0.15, 0.2) is 53.5 Å². The molecule has 1 amide bonds. The molecular weight excluding hydrogens is 496 g/mol.